The average molecular weight is 292 g/mol. The molecule has 2 N–H and O–H groups in total. The summed E-state index contributed by atoms with van der Waals surface area (Å²) < 4.78 is 0. The molecule has 0 fully saturated rings. The molecule has 1 aromatic carbocycles. The number of rotatable bonds is 7. The number of aliphatic carboxylic acids is 1. The van der Waals surface area contributed by atoms with E-state index in [1.807, 2.05) is 6.07 Å². The molecule has 0 aliphatic heterocycles. The van der Waals surface area contributed by atoms with Crippen molar-refractivity contribution >= 4 is 23.5 Å². The molecule has 21 heavy (non-hydrogen) atoms. The first-order valence-corrected chi connectivity index (χ1v) is 6.69. The first-order valence-electron chi connectivity index (χ1n) is 6.69. The number of nitrogens with one attached hydrogen (secondary N) is 1. The van der Waals surface area contributed by atoms with Crippen molar-refractivity contribution in [3.8, 4) is 0 Å². The van der Waals surface area contributed by atoms with Gasteiger partial charge in [0.2, 0.25) is 11.8 Å². The van der Waals surface area contributed by atoms with Crippen LogP contribution in [0.5, 0.6) is 0 Å². The Morgan fingerprint density at radius 3 is 2.48 bits per heavy atom. The first kappa shape index (κ1) is 16.7. The van der Waals surface area contributed by atoms with E-state index in [4.69, 9.17) is 5.11 Å². The highest BCUT2D eigenvalue weighted by molar-refractivity contribution is 5.92. The largest absolute Gasteiger partial charge is 0.481 e. The predicted octanol–water partition coefficient (Wildman–Crippen LogP) is 1.51. The molecule has 0 atom stereocenters. The molecule has 0 aliphatic rings. The van der Waals surface area contributed by atoms with Crippen molar-refractivity contribution in [2.45, 2.75) is 25.7 Å². The van der Waals surface area contributed by atoms with Crippen LogP contribution in [0.2, 0.25) is 0 Å². The van der Waals surface area contributed by atoms with E-state index in [1.54, 1.807) is 32.3 Å². The number of carboxylic acid groups (broad SMARTS) is 1. The van der Waals surface area contributed by atoms with Crippen LogP contribution in [0.1, 0.15) is 24.8 Å². The van der Waals surface area contributed by atoms with Gasteiger partial charge in [0.1, 0.15) is 0 Å². The number of nitrogens with zero attached hydrogens (tertiary/aromatic N) is 1. The summed E-state index contributed by atoms with van der Waals surface area (Å²) in [5.74, 6) is -1.29. The summed E-state index contributed by atoms with van der Waals surface area (Å²) in [6.07, 6.45) is 0.751. The van der Waals surface area contributed by atoms with Crippen LogP contribution in [0.3, 0.4) is 0 Å². The molecule has 0 aliphatic carbocycles. The van der Waals surface area contributed by atoms with Crippen LogP contribution < -0.4 is 5.32 Å². The van der Waals surface area contributed by atoms with Gasteiger partial charge < -0.3 is 15.3 Å². The number of carboxylic acids is 1. The maximum Gasteiger partial charge on any atom is 0.303 e. The quantitative estimate of drug-likeness (QED) is 0.797. The van der Waals surface area contributed by atoms with Crippen molar-refractivity contribution in [2.75, 3.05) is 19.4 Å². The van der Waals surface area contributed by atoms with Gasteiger partial charge in [-0.15, -0.1) is 0 Å². The smallest absolute Gasteiger partial charge is 0.303 e. The molecule has 0 unspecified atom stereocenters. The Bertz CT molecular complexity index is 526. The van der Waals surface area contributed by atoms with Crippen molar-refractivity contribution in [2.24, 2.45) is 0 Å². The lowest BCUT2D eigenvalue weighted by Gasteiger charge is -2.10. The number of amides is 2. The molecule has 0 aromatic heterocycles. The highest BCUT2D eigenvalue weighted by Gasteiger charge is 2.07. The highest BCUT2D eigenvalue weighted by Crippen LogP contribution is 2.13. The molecule has 0 bridgehead atoms. The lowest BCUT2D eigenvalue weighted by Crippen LogP contribution is -2.21. The zero-order valence-electron chi connectivity index (χ0n) is 12.3. The third-order valence-electron chi connectivity index (χ3n) is 2.90. The van der Waals surface area contributed by atoms with E-state index in [2.05, 4.69) is 5.32 Å². The molecule has 0 radical (unpaired) electrons. The summed E-state index contributed by atoms with van der Waals surface area (Å²) in [7, 11) is 3.42. The van der Waals surface area contributed by atoms with Crippen molar-refractivity contribution < 1.29 is 19.5 Å². The van der Waals surface area contributed by atoms with Gasteiger partial charge in [-0.05, 0) is 24.1 Å². The van der Waals surface area contributed by atoms with E-state index in [0.717, 1.165) is 5.56 Å². The fourth-order valence-electron chi connectivity index (χ4n) is 1.72. The maximum atomic E-state index is 11.5. The SMILES string of the molecule is CN(C)C(=O)CCc1cccc(NC(=O)CCC(=O)O)c1. The second-order valence-corrected chi connectivity index (χ2v) is 4.93. The van der Waals surface area contributed by atoms with Gasteiger partial charge in [0.25, 0.3) is 0 Å². The average Bonchev–Trinajstić information content (AvgIpc) is 2.42. The lowest BCUT2D eigenvalue weighted by molar-refractivity contribution is -0.138. The van der Waals surface area contributed by atoms with Gasteiger partial charge in [-0.3, -0.25) is 14.4 Å². The summed E-state index contributed by atoms with van der Waals surface area (Å²) in [6, 6.07) is 7.20. The van der Waals surface area contributed by atoms with Crippen LogP contribution in [-0.2, 0) is 20.8 Å². The van der Waals surface area contributed by atoms with E-state index >= 15 is 0 Å². The van der Waals surface area contributed by atoms with E-state index in [9.17, 15) is 14.4 Å². The molecule has 2 amide bonds. The normalized spacial score (nSPS) is 10.0. The van der Waals surface area contributed by atoms with E-state index < -0.39 is 5.97 Å². The molecule has 114 valence electrons. The predicted molar refractivity (Wildman–Crippen MR) is 79.0 cm³/mol. The molecular formula is C15H20N2O4. The molecule has 0 spiro atoms. The fraction of sp³-hybridized carbons (Fsp3) is 0.400. The van der Waals surface area contributed by atoms with Crippen molar-refractivity contribution in [1.82, 2.24) is 4.90 Å². The summed E-state index contributed by atoms with van der Waals surface area (Å²) in [5, 5.41) is 11.2. The van der Waals surface area contributed by atoms with Crippen LogP contribution in [-0.4, -0.2) is 41.9 Å². The number of aryl methyl sites for hydroxylation is 1. The molecular weight excluding hydrogens is 272 g/mol. The summed E-state index contributed by atoms with van der Waals surface area (Å²) >= 11 is 0. The molecule has 0 heterocycles. The topological polar surface area (TPSA) is 86.7 Å². The number of carbonyl (C=O) groups is 3. The van der Waals surface area contributed by atoms with Crippen molar-refractivity contribution in [3.63, 3.8) is 0 Å². The van der Waals surface area contributed by atoms with Crippen LogP contribution in [0, 0.1) is 0 Å². The molecule has 0 saturated heterocycles. The molecule has 0 saturated carbocycles. The molecule has 1 aromatic rings. The third-order valence-corrected chi connectivity index (χ3v) is 2.90. The van der Waals surface area contributed by atoms with Gasteiger partial charge in [0.15, 0.2) is 0 Å². The van der Waals surface area contributed by atoms with Gasteiger partial charge in [0.05, 0.1) is 6.42 Å². The zero-order valence-corrected chi connectivity index (χ0v) is 12.3. The number of carbonyl (C=O) groups excluding carboxylic acids is 2. The Hall–Kier alpha value is -2.37. The second kappa shape index (κ2) is 8.04. The van der Waals surface area contributed by atoms with Gasteiger partial charge in [-0.25, -0.2) is 0 Å². The Morgan fingerprint density at radius 1 is 1.14 bits per heavy atom. The van der Waals surface area contributed by atoms with Crippen LogP contribution >= 0.6 is 0 Å². The zero-order chi connectivity index (χ0) is 15.8. The standard InChI is InChI=1S/C15H20N2O4/c1-17(2)14(19)8-6-11-4-3-5-12(10-11)16-13(18)7-9-15(20)21/h3-5,10H,6-9H2,1-2H3,(H,16,18)(H,20,21). The van der Waals surface area contributed by atoms with E-state index in [-0.39, 0.29) is 24.7 Å². The van der Waals surface area contributed by atoms with Crippen LogP contribution in [0.25, 0.3) is 0 Å². The van der Waals surface area contributed by atoms with Gasteiger partial charge in [-0.2, -0.15) is 0 Å². The van der Waals surface area contributed by atoms with Gasteiger partial charge in [-0.1, -0.05) is 12.1 Å². The first-order chi connectivity index (χ1) is 9.88. The maximum absolute atomic E-state index is 11.5. The Balaban J connectivity index is 2.54. The number of hydrogen-bond acceptors (Lipinski definition) is 3. The number of anilines is 1. The fourth-order valence-corrected chi connectivity index (χ4v) is 1.72. The minimum Gasteiger partial charge on any atom is -0.481 e. The number of hydrogen-bond donors (Lipinski definition) is 2. The van der Waals surface area contributed by atoms with Gasteiger partial charge in [0, 0.05) is 32.6 Å². The highest BCUT2D eigenvalue weighted by atomic mass is 16.4. The molecule has 6 heteroatoms. The van der Waals surface area contributed by atoms with Crippen LogP contribution in [0.4, 0.5) is 5.69 Å². The Labute approximate surface area is 123 Å². The monoisotopic (exact) mass is 292 g/mol. The minimum atomic E-state index is -0.999. The number of benzene rings is 1. The van der Waals surface area contributed by atoms with E-state index in [1.165, 1.54) is 4.90 Å². The minimum absolute atomic E-state index is 0.0471. The summed E-state index contributed by atoms with van der Waals surface area (Å²) in [4.78, 5) is 35.0. The Kier molecular flexibility index (Phi) is 6.39. The molecule has 1 rings (SSSR count). The molecule has 6 nitrogen and oxygen atoms in total. The summed E-state index contributed by atoms with van der Waals surface area (Å²) in [5.41, 5.74) is 1.56. The van der Waals surface area contributed by atoms with Crippen molar-refractivity contribution in [1.29, 1.82) is 0 Å². The lowest BCUT2D eigenvalue weighted by atomic mass is 10.1. The second-order valence-electron chi connectivity index (χ2n) is 4.93. The van der Waals surface area contributed by atoms with Crippen molar-refractivity contribution in [3.05, 3.63) is 29.8 Å². The van der Waals surface area contributed by atoms with Crippen LogP contribution in [0.15, 0.2) is 24.3 Å². The third kappa shape index (κ3) is 6.56. The Morgan fingerprint density at radius 2 is 1.86 bits per heavy atom. The van der Waals surface area contributed by atoms with Gasteiger partial charge >= 0.3 is 5.97 Å². The summed E-state index contributed by atoms with van der Waals surface area (Å²) in [6.45, 7) is 0. The van der Waals surface area contributed by atoms with E-state index in [0.29, 0.717) is 18.5 Å².